The lowest BCUT2D eigenvalue weighted by Gasteiger charge is -2.10. The minimum atomic E-state index is 0.804. The van der Waals surface area contributed by atoms with Gasteiger partial charge in [-0.3, -0.25) is 0 Å². The molecule has 0 radical (unpaired) electrons. The minimum Gasteiger partial charge on any atom is -0.0661 e. The van der Waals surface area contributed by atoms with Gasteiger partial charge < -0.3 is 0 Å². The largest absolute Gasteiger partial charge is 0.0661 e. The first kappa shape index (κ1) is 7.85. The summed E-state index contributed by atoms with van der Waals surface area (Å²) in [5.74, 6) is 0.804. The summed E-state index contributed by atoms with van der Waals surface area (Å²) in [6.45, 7) is 2.36. The van der Waals surface area contributed by atoms with E-state index in [0.29, 0.717) is 0 Å². The smallest absolute Gasteiger partial charge is 0.00995 e. The van der Waals surface area contributed by atoms with Crippen LogP contribution in [0.25, 0.3) is 0 Å². The summed E-state index contributed by atoms with van der Waals surface area (Å²) in [7, 11) is 0. The average molecular weight is 160 g/mol. The van der Waals surface area contributed by atoms with Gasteiger partial charge in [0.25, 0.3) is 0 Å². The lowest BCUT2D eigenvalue weighted by atomic mass is 9.96. The molecule has 0 aromatic carbocycles. The summed E-state index contributed by atoms with van der Waals surface area (Å²) < 4.78 is 0. The summed E-state index contributed by atoms with van der Waals surface area (Å²) >= 11 is 0. The topological polar surface area (TPSA) is 0 Å². The molecule has 2 aliphatic rings. The van der Waals surface area contributed by atoms with Crippen LogP contribution in [0.3, 0.4) is 0 Å². The number of fused-ring (bicyclic) bond motifs is 2. The molecule has 64 valence electrons. The molecule has 0 nitrogen and oxygen atoms in total. The Hall–Kier alpha value is -0.780. The van der Waals surface area contributed by atoms with Crippen molar-refractivity contribution in [3.8, 4) is 0 Å². The van der Waals surface area contributed by atoms with Crippen molar-refractivity contribution in [2.45, 2.75) is 32.6 Å². The van der Waals surface area contributed by atoms with E-state index in [1.165, 1.54) is 25.7 Å². The highest BCUT2D eigenvalue weighted by Gasteiger charge is 2.15. The summed E-state index contributed by atoms with van der Waals surface area (Å²) in [5, 5.41) is 0. The van der Waals surface area contributed by atoms with Crippen molar-refractivity contribution >= 4 is 0 Å². The lowest BCUT2D eigenvalue weighted by molar-refractivity contribution is 0.599. The van der Waals surface area contributed by atoms with Gasteiger partial charge in [-0.05, 0) is 31.6 Å². The first-order chi connectivity index (χ1) is 5.86. The van der Waals surface area contributed by atoms with Crippen molar-refractivity contribution in [1.82, 2.24) is 0 Å². The van der Waals surface area contributed by atoms with E-state index in [4.69, 9.17) is 0 Å². The maximum Gasteiger partial charge on any atom is -0.00995 e. The molecule has 2 bridgehead atoms. The van der Waals surface area contributed by atoms with Crippen molar-refractivity contribution in [3.63, 3.8) is 0 Å². The second-order valence-corrected chi connectivity index (χ2v) is 3.92. The van der Waals surface area contributed by atoms with Gasteiger partial charge in [0.15, 0.2) is 0 Å². The van der Waals surface area contributed by atoms with Crippen LogP contribution in [-0.2, 0) is 0 Å². The van der Waals surface area contributed by atoms with E-state index in [1.807, 2.05) is 0 Å². The molecule has 1 fully saturated rings. The van der Waals surface area contributed by atoms with E-state index < -0.39 is 0 Å². The van der Waals surface area contributed by atoms with Crippen molar-refractivity contribution in [2.24, 2.45) is 5.92 Å². The summed E-state index contributed by atoms with van der Waals surface area (Å²) in [6, 6.07) is 0. The summed E-state index contributed by atoms with van der Waals surface area (Å²) in [4.78, 5) is 0. The standard InChI is InChI=1S/C12H16/c1-10-5-4-7-11-6-2-3-8-12(10)9-11/h2-3,6,8,10H,4-5,7,9H2,1H3. The fourth-order valence-corrected chi connectivity index (χ4v) is 2.08. The van der Waals surface area contributed by atoms with Crippen molar-refractivity contribution in [1.29, 1.82) is 0 Å². The maximum atomic E-state index is 2.36. The van der Waals surface area contributed by atoms with Gasteiger partial charge in [-0.1, -0.05) is 42.4 Å². The highest BCUT2D eigenvalue weighted by molar-refractivity contribution is 5.30. The third-order valence-electron chi connectivity index (χ3n) is 2.95. The molecule has 0 N–H and O–H groups in total. The van der Waals surface area contributed by atoms with Crippen LogP contribution in [0.2, 0.25) is 0 Å². The van der Waals surface area contributed by atoms with E-state index in [1.54, 1.807) is 11.1 Å². The molecule has 0 aromatic rings. The van der Waals surface area contributed by atoms with E-state index in [9.17, 15) is 0 Å². The molecule has 1 saturated carbocycles. The fourth-order valence-electron chi connectivity index (χ4n) is 2.08. The number of hydrogen-bond donors (Lipinski definition) is 0. The van der Waals surface area contributed by atoms with Crippen LogP contribution in [0, 0.1) is 5.92 Å². The van der Waals surface area contributed by atoms with Crippen LogP contribution in [-0.4, -0.2) is 0 Å². The minimum absolute atomic E-state index is 0.804. The molecule has 2 rings (SSSR count). The fraction of sp³-hybridized carbons (Fsp3) is 0.500. The number of rotatable bonds is 0. The number of allylic oxidation sites excluding steroid dienone is 6. The van der Waals surface area contributed by atoms with Gasteiger partial charge in [0.2, 0.25) is 0 Å². The van der Waals surface area contributed by atoms with Crippen LogP contribution in [0.15, 0.2) is 35.5 Å². The molecule has 1 unspecified atom stereocenters. The molecular weight excluding hydrogens is 144 g/mol. The van der Waals surface area contributed by atoms with Gasteiger partial charge in [-0.15, -0.1) is 0 Å². The Bertz CT molecular complexity index is 253. The molecule has 0 aliphatic heterocycles. The maximum absolute atomic E-state index is 2.36. The SMILES string of the molecule is CC1CCCC2=CC=CC=C1C2. The normalized spacial score (nSPS) is 28.6. The Morgan fingerprint density at radius 2 is 2.08 bits per heavy atom. The zero-order valence-corrected chi connectivity index (χ0v) is 7.72. The summed E-state index contributed by atoms with van der Waals surface area (Å²) in [5.41, 5.74) is 3.26. The molecule has 0 aromatic heterocycles. The molecule has 0 amide bonds. The van der Waals surface area contributed by atoms with E-state index >= 15 is 0 Å². The van der Waals surface area contributed by atoms with Gasteiger partial charge in [0.1, 0.15) is 0 Å². The summed E-state index contributed by atoms with van der Waals surface area (Å²) in [6.07, 6.45) is 14.3. The second kappa shape index (κ2) is 3.30. The first-order valence-corrected chi connectivity index (χ1v) is 4.91. The molecule has 2 aliphatic carbocycles. The molecule has 0 heterocycles. The van der Waals surface area contributed by atoms with Gasteiger partial charge in [-0.2, -0.15) is 0 Å². The molecule has 0 saturated heterocycles. The van der Waals surface area contributed by atoms with E-state index in [2.05, 4.69) is 31.2 Å². The average Bonchev–Trinajstić information content (AvgIpc) is 2.38. The van der Waals surface area contributed by atoms with Gasteiger partial charge in [-0.25, -0.2) is 0 Å². The van der Waals surface area contributed by atoms with Crippen molar-refractivity contribution < 1.29 is 0 Å². The predicted molar refractivity (Wildman–Crippen MR) is 52.9 cm³/mol. The predicted octanol–water partition coefficient (Wildman–Crippen LogP) is 3.62. The molecule has 0 heteroatoms. The monoisotopic (exact) mass is 160 g/mol. The first-order valence-electron chi connectivity index (χ1n) is 4.91. The van der Waals surface area contributed by atoms with Crippen molar-refractivity contribution in [3.05, 3.63) is 35.5 Å². The second-order valence-electron chi connectivity index (χ2n) is 3.92. The Balaban J connectivity index is 2.30. The Kier molecular flexibility index (Phi) is 2.16. The molecule has 0 spiro atoms. The van der Waals surface area contributed by atoms with Gasteiger partial charge >= 0.3 is 0 Å². The van der Waals surface area contributed by atoms with Crippen LogP contribution >= 0.6 is 0 Å². The van der Waals surface area contributed by atoms with Crippen LogP contribution in [0.4, 0.5) is 0 Å². The van der Waals surface area contributed by atoms with Crippen LogP contribution < -0.4 is 0 Å². The van der Waals surface area contributed by atoms with Crippen LogP contribution in [0.5, 0.6) is 0 Å². The molecule has 12 heavy (non-hydrogen) atoms. The zero-order chi connectivity index (χ0) is 8.39. The highest BCUT2D eigenvalue weighted by atomic mass is 14.2. The Morgan fingerprint density at radius 1 is 1.25 bits per heavy atom. The van der Waals surface area contributed by atoms with E-state index in [0.717, 1.165) is 5.92 Å². The Labute approximate surface area is 74.7 Å². The highest BCUT2D eigenvalue weighted by Crippen LogP contribution is 2.32. The van der Waals surface area contributed by atoms with Crippen LogP contribution in [0.1, 0.15) is 32.6 Å². The Morgan fingerprint density at radius 3 is 3.00 bits per heavy atom. The van der Waals surface area contributed by atoms with Gasteiger partial charge in [0, 0.05) is 0 Å². The third-order valence-corrected chi connectivity index (χ3v) is 2.95. The zero-order valence-electron chi connectivity index (χ0n) is 7.72. The van der Waals surface area contributed by atoms with E-state index in [-0.39, 0.29) is 0 Å². The quantitative estimate of drug-likeness (QED) is 0.507. The lowest BCUT2D eigenvalue weighted by Crippen LogP contribution is -1.95. The molecular formula is C12H16. The molecule has 1 atom stereocenters. The van der Waals surface area contributed by atoms with Crippen molar-refractivity contribution in [2.75, 3.05) is 0 Å². The van der Waals surface area contributed by atoms with Gasteiger partial charge in [0.05, 0.1) is 0 Å². The third kappa shape index (κ3) is 1.52. The number of hydrogen-bond acceptors (Lipinski definition) is 0.